The smallest absolute Gasteiger partial charge is 0.132 e. The summed E-state index contributed by atoms with van der Waals surface area (Å²) in [6, 6.07) is 5.81. The molecule has 0 bridgehead atoms. The van der Waals surface area contributed by atoms with Crippen molar-refractivity contribution in [3.8, 4) is 11.3 Å². The van der Waals surface area contributed by atoms with Crippen LogP contribution in [0.15, 0.2) is 30.6 Å². The third-order valence-corrected chi connectivity index (χ3v) is 2.27. The first kappa shape index (κ1) is 9.71. The summed E-state index contributed by atoms with van der Waals surface area (Å²) >= 11 is 0. The fourth-order valence-electron chi connectivity index (χ4n) is 1.59. The van der Waals surface area contributed by atoms with Crippen molar-refractivity contribution >= 4 is 5.82 Å². The molecule has 0 aliphatic heterocycles. The molecule has 0 spiro atoms. The highest BCUT2D eigenvalue weighted by Crippen LogP contribution is 2.23. The minimum absolute atomic E-state index is 0.551. The van der Waals surface area contributed by atoms with Gasteiger partial charge in [-0.3, -0.25) is 4.68 Å². The van der Waals surface area contributed by atoms with Gasteiger partial charge in [-0.1, -0.05) is 6.92 Å². The summed E-state index contributed by atoms with van der Waals surface area (Å²) in [7, 11) is 0. The lowest BCUT2D eigenvalue weighted by atomic mass is 10.2. The van der Waals surface area contributed by atoms with Crippen LogP contribution in [0.4, 0.5) is 5.82 Å². The van der Waals surface area contributed by atoms with E-state index in [1.54, 1.807) is 12.4 Å². The number of nitrogen functional groups attached to an aromatic ring is 1. The summed E-state index contributed by atoms with van der Waals surface area (Å²) in [5, 5.41) is 4.26. The zero-order valence-corrected chi connectivity index (χ0v) is 8.72. The lowest BCUT2D eigenvalue weighted by Gasteiger charge is -2.07. The molecule has 15 heavy (non-hydrogen) atoms. The first-order chi connectivity index (χ1) is 7.33. The van der Waals surface area contributed by atoms with Gasteiger partial charge >= 0.3 is 0 Å². The van der Waals surface area contributed by atoms with Gasteiger partial charge in [0, 0.05) is 24.5 Å². The number of nitrogens with two attached hydrogens (primary N) is 1. The summed E-state index contributed by atoms with van der Waals surface area (Å²) in [6.45, 7) is 3.02. The number of hydrogen-bond acceptors (Lipinski definition) is 3. The van der Waals surface area contributed by atoms with Gasteiger partial charge in [-0.05, 0) is 24.6 Å². The number of anilines is 1. The number of hydrogen-bond donors (Lipinski definition) is 1. The van der Waals surface area contributed by atoms with Crippen LogP contribution in [0.5, 0.6) is 0 Å². The van der Waals surface area contributed by atoms with Crippen LogP contribution in [0.25, 0.3) is 11.3 Å². The lowest BCUT2D eigenvalue weighted by molar-refractivity contribution is 0.609. The average molecular weight is 202 g/mol. The molecule has 0 saturated carbocycles. The van der Waals surface area contributed by atoms with Gasteiger partial charge in [0.1, 0.15) is 5.82 Å². The largest absolute Gasteiger partial charge is 0.383 e. The van der Waals surface area contributed by atoms with Crippen molar-refractivity contribution in [3.05, 3.63) is 30.6 Å². The third-order valence-electron chi connectivity index (χ3n) is 2.27. The third kappa shape index (κ3) is 1.83. The van der Waals surface area contributed by atoms with Crippen LogP contribution in [0, 0.1) is 0 Å². The average Bonchev–Trinajstić information content (AvgIpc) is 2.67. The molecule has 0 radical (unpaired) electrons. The Balaban J connectivity index is 2.45. The van der Waals surface area contributed by atoms with Crippen molar-refractivity contribution in [2.45, 2.75) is 19.9 Å². The van der Waals surface area contributed by atoms with Crippen molar-refractivity contribution in [1.82, 2.24) is 14.8 Å². The normalized spacial score (nSPS) is 10.5. The Morgan fingerprint density at radius 3 is 2.93 bits per heavy atom. The molecule has 4 heteroatoms. The molecule has 4 nitrogen and oxygen atoms in total. The van der Waals surface area contributed by atoms with E-state index in [1.807, 2.05) is 22.9 Å². The van der Waals surface area contributed by atoms with Crippen LogP contribution in [-0.4, -0.2) is 14.8 Å². The molecule has 2 aromatic rings. The van der Waals surface area contributed by atoms with Crippen molar-refractivity contribution in [2.24, 2.45) is 0 Å². The maximum Gasteiger partial charge on any atom is 0.132 e. The molecule has 0 saturated heterocycles. The lowest BCUT2D eigenvalue weighted by Crippen LogP contribution is -2.03. The molecule has 2 aromatic heterocycles. The van der Waals surface area contributed by atoms with Gasteiger partial charge in [-0.25, -0.2) is 4.98 Å². The van der Waals surface area contributed by atoms with Crippen molar-refractivity contribution in [3.63, 3.8) is 0 Å². The van der Waals surface area contributed by atoms with E-state index in [9.17, 15) is 0 Å². The van der Waals surface area contributed by atoms with Crippen LogP contribution < -0.4 is 5.73 Å². The molecule has 0 aliphatic carbocycles. The predicted molar refractivity (Wildman–Crippen MR) is 60.2 cm³/mol. The molecule has 2 N–H and O–H groups in total. The molecular weight excluding hydrogens is 188 g/mol. The first-order valence-electron chi connectivity index (χ1n) is 5.05. The first-order valence-corrected chi connectivity index (χ1v) is 5.05. The highest BCUT2D eigenvalue weighted by Gasteiger charge is 2.07. The van der Waals surface area contributed by atoms with Crippen LogP contribution >= 0.6 is 0 Å². The highest BCUT2D eigenvalue weighted by atomic mass is 15.3. The topological polar surface area (TPSA) is 56.7 Å². The summed E-state index contributed by atoms with van der Waals surface area (Å²) < 4.78 is 1.95. The Labute approximate surface area is 88.8 Å². The van der Waals surface area contributed by atoms with E-state index in [-0.39, 0.29) is 0 Å². The van der Waals surface area contributed by atoms with Gasteiger partial charge in [-0.2, -0.15) is 5.10 Å². The molecule has 0 unspecified atom stereocenters. The van der Waals surface area contributed by atoms with Crippen molar-refractivity contribution in [2.75, 3.05) is 5.73 Å². The molecule has 0 atom stereocenters. The molecule has 2 rings (SSSR count). The molecule has 0 fully saturated rings. The van der Waals surface area contributed by atoms with E-state index in [1.165, 1.54) is 0 Å². The fourth-order valence-corrected chi connectivity index (χ4v) is 1.59. The number of aromatic nitrogens is 3. The minimum atomic E-state index is 0.551. The number of rotatable bonds is 3. The second-order valence-electron chi connectivity index (χ2n) is 3.38. The summed E-state index contributed by atoms with van der Waals surface area (Å²) in [6.07, 6.45) is 4.53. The standard InChI is InChI=1S/C11H14N4/c1-2-8-15-10(5-7-14-15)9-4-3-6-13-11(9)12/h3-7H,2,8H2,1H3,(H2,12,13). The molecular formula is C11H14N4. The van der Waals surface area contributed by atoms with Crippen molar-refractivity contribution < 1.29 is 0 Å². The summed E-state index contributed by atoms with van der Waals surface area (Å²) in [4.78, 5) is 4.07. The zero-order chi connectivity index (χ0) is 10.7. The molecule has 78 valence electrons. The van der Waals surface area contributed by atoms with Gasteiger partial charge in [0.05, 0.1) is 5.69 Å². The van der Waals surface area contributed by atoms with Gasteiger partial charge < -0.3 is 5.73 Å². The van der Waals surface area contributed by atoms with Gasteiger partial charge in [0.2, 0.25) is 0 Å². The number of nitrogens with zero attached hydrogens (tertiary/aromatic N) is 3. The molecule has 0 amide bonds. The van der Waals surface area contributed by atoms with Gasteiger partial charge in [-0.15, -0.1) is 0 Å². The maximum absolute atomic E-state index is 5.82. The van der Waals surface area contributed by atoms with E-state index in [0.29, 0.717) is 5.82 Å². The Morgan fingerprint density at radius 1 is 1.33 bits per heavy atom. The molecule has 2 heterocycles. The summed E-state index contributed by atoms with van der Waals surface area (Å²) in [5.74, 6) is 0.551. The minimum Gasteiger partial charge on any atom is -0.383 e. The zero-order valence-electron chi connectivity index (χ0n) is 8.72. The maximum atomic E-state index is 5.82. The van der Waals surface area contributed by atoms with Gasteiger partial charge in [0.25, 0.3) is 0 Å². The predicted octanol–water partition coefficient (Wildman–Crippen LogP) is 1.94. The molecule has 0 aliphatic rings. The van der Waals surface area contributed by atoms with Crippen LogP contribution in [0.2, 0.25) is 0 Å². The van der Waals surface area contributed by atoms with Crippen LogP contribution in [-0.2, 0) is 6.54 Å². The second-order valence-corrected chi connectivity index (χ2v) is 3.38. The second kappa shape index (κ2) is 4.13. The summed E-state index contributed by atoms with van der Waals surface area (Å²) in [5.41, 5.74) is 7.80. The highest BCUT2D eigenvalue weighted by molar-refractivity contribution is 5.70. The van der Waals surface area contributed by atoms with Crippen LogP contribution in [0.1, 0.15) is 13.3 Å². The van der Waals surface area contributed by atoms with Gasteiger partial charge in [0.15, 0.2) is 0 Å². The van der Waals surface area contributed by atoms with E-state index in [2.05, 4.69) is 17.0 Å². The Hall–Kier alpha value is -1.84. The van der Waals surface area contributed by atoms with Crippen molar-refractivity contribution in [1.29, 1.82) is 0 Å². The number of pyridine rings is 1. The van der Waals surface area contributed by atoms with E-state index in [4.69, 9.17) is 5.73 Å². The quantitative estimate of drug-likeness (QED) is 0.827. The Kier molecular flexibility index (Phi) is 2.67. The SMILES string of the molecule is CCCn1nccc1-c1cccnc1N. The van der Waals surface area contributed by atoms with E-state index < -0.39 is 0 Å². The van der Waals surface area contributed by atoms with Crippen LogP contribution in [0.3, 0.4) is 0 Å². The Morgan fingerprint density at radius 2 is 2.20 bits per heavy atom. The molecule has 0 aromatic carbocycles. The van der Waals surface area contributed by atoms with E-state index >= 15 is 0 Å². The fraction of sp³-hybridized carbons (Fsp3) is 0.273. The number of aryl methyl sites for hydroxylation is 1. The van der Waals surface area contributed by atoms with E-state index in [0.717, 1.165) is 24.2 Å². The monoisotopic (exact) mass is 202 g/mol. The Bertz CT molecular complexity index is 447.